The Bertz CT molecular complexity index is 1240. The monoisotopic (exact) mass is 518 g/mol. The molecule has 192 valence electrons. The van der Waals surface area contributed by atoms with Crippen LogP contribution in [0.25, 0.3) is 0 Å². The van der Waals surface area contributed by atoms with Crippen molar-refractivity contribution in [1.29, 1.82) is 0 Å². The molecule has 8 heteroatoms. The van der Waals surface area contributed by atoms with Crippen molar-refractivity contribution in [2.45, 2.75) is 11.9 Å². The van der Waals surface area contributed by atoms with Gasteiger partial charge < -0.3 is 19.1 Å². The van der Waals surface area contributed by atoms with Crippen molar-refractivity contribution in [1.82, 2.24) is 9.80 Å². The molecule has 2 aliphatic heterocycles. The third-order valence-corrected chi connectivity index (χ3v) is 7.96. The van der Waals surface area contributed by atoms with E-state index in [0.717, 1.165) is 42.3 Å². The number of hydrogen-bond donors (Lipinski definition) is 0. The molecule has 7 nitrogen and oxygen atoms in total. The van der Waals surface area contributed by atoms with Crippen LogP contribution in [0.3, 0.4) is 0 Å². The van der Waals surface area contributed by atoms with Crippen LogP contribution in [0.5, 0.6) is 11.5 Å². The minimum atomic E-state index is -0.354. The van der Waals surface area contributed by atoms with E-state index in [4.69, 9.17) is 14.2 Å². The number of carbonyl (C=O) groups is 2. The van der Waals surface area contributed by atoms with Crippen LogP contribution in [-0.2, 0) is 11.3 Å². The van der Waals surface area contributed by atoms with Crippen LogP contribution in [0.2, 0.25) is 0 Å². The molecule has 1 saturated heterocycles. The number of esters is 1. The molecule has 0 radical (unpaired) electrons. The van der Waals surface area contributed by atoms with Crippen molar-refractivity contribution in [2.24, 2.45) is 0 Å². The summed E-state index contributed by atoms with van der Waals surface area (Å²) in [5, 5.41) is 0.0421. The van der Waals surface area contributed by atoms with Crippen LogP contribution in [0.4, 0.5) is 4.79 Å². The molecule has 5 rings (SSSR count). The molecule has 3 aromatic rings. The van der Waals surface area contributed by atoms with Gasteiger partial charge in [0, 0.05) is 44.0 Å². The molecule has 1 fully saturated rings. The number of fused-ring (bicyclic) bond motifs is 2. The lowest BCUT2D eigenvalue weighted by molar-refractivity contribution is 0.0600. The fraction of sp³-hybridized carbons (Fsp3) is 0.310. The number of ether oxygens (including phenoxy) is 3. The Balaban J connectivity index is 1.21. The van der Waals surface area contributed by atoms with E-state index in [-0.39, 0.29) is 17.3 Å². The van der Waals surface area contributed by atoms with Gasteiger partial charge in [-0.2, -0.15) is 0 Å². The van der Waals surface area contributed by atoms with Crippen LogP contribution in [-0.4, -0.2) is 67.4 Å². The zero-order chi connectivity index (χ0) is 25.6. The van der Waals surface area contributed by atoms with E-state index in [0.29, 0.717) is 31.0 Å². The molecule has 0 aromatic heterocycles. The Kier molecular flexibility index (Phi) is 7.96. The zero-order valence-electron chi connectivity index (χ0n) is 20.8. The second-order valence-corrected chi connectivity index (χ2v) is 10.2. The Morgan fingerprint density at radius 3 is 2.49 bits per heavy atom. The molecule has 3 aromatic carbocycles. The van der Waals surface area contributed by atoms with E-state index < -0.39 is 0 Å². The normalized spacial score (nSPS) is 17.1. The molecule has 0 spiro atoms. The minimum absolute atomic E-state index is 0.0421. The SMILES string of the molecule is COC(=O)c1ccc2c(c1)C(SCCN1CCN(C(=O)Oc3ccccc3)CC1)c1ccccc1CO2. The van der Waals surface area contributed by atoms with Gasteiger partial charge in [-0.1, -0.05) is 42.5 Å². The van der Waals surface area contributed by atoms with Gasteiger partial charge in [0.2, 0.25) is 0 Å². The zero-order valence-corrected chi connectivity index (χ0v) is 21.6. The van der Waals surface area contributed by atoms with Crippen LogP contribution in [0.1, 0.15) is 32.3 Å². The van der Waals surface area contributed by atoms with E-state index in [1.165, 1.54) is 12.7 Å². The number of thioether (sulfide) groups is 1. The van der Waals surface area contributed by atoms with E-state index in [1.54, 1.807) is 23.1 Å². The number of piperazine rings is 1. The maximum absolute atomic E-state index is 12.5. The van der Waals surface area contributed by atoms with Gasteiger partial charge >= 0.3 is 12.1 Å². The molecular weight excluding hydrogens is 488 g/mol. The first-order chi connectivity index (χ1) is 18.1. The van der Waals surface area contributed by atoms with Crippen molar-refractivity contribution in [3.63, 3.8) is 0 Å². The number of benzene rings is 3. The topological polar surface area (TPSA) is 68.3 Å². The summed E-state index contributed by atoms with van der Waals surface area (Å²) in [5.41, 5.74) is 3.88. The molecule has 37 heavy (non-hydrogen) atoms. The van der Waals surface area contributed by atoms with Crippen LogP contribution >= 0.6 is 11.8 Å². The van der Waals surface area contributed by atoms with Crippen molar-refractivity contribution in [2.75, 3.05) is 45.6 Å². The summed E-state index contributed by atoms with van der Waals surface area (Å²) in [6.45, 7) is 4.29. The molecule has 2 aliphatic rings. The molecular formula is C29H30N2O5S. The van der Waals surface area contributed by atoms with Gasteiger partial charge in [0.25, 0.3) is 0 Å². The van der Waals surface area contributed by atoms with E-state index in [2.05, 4.69) is 23.1 Å². The summed E-state index contributed by atoms with van der Waals surface area (Å²) in [7, 11) is 1.40. The third kappa shape index (κ3) is 5.92. The lowest BCUT2D eigenvalue weighted by atomic mass is 9.98. The smallest absolute Gasteiger partial charge is 0.415 e. The fourth-order valence-electron chi connectivity index (χ4n) is 4.66. The number of amides is 1. The lowest BCUT2D eigenvalue weighted by Crippen LogP contribution is -2.50. The third-order valence-electron chi connectivity index (χ3n) is 6.70. The quantitative estimate of drug-likeness (QED) is 0.425. The summed E-state index contributed by atoms with van der Waals surface area (Å²) in [6, 6.07) is 23.0. The number of nitrogens with zero attached hydrogens (tertiary/aromatic N) is 2. The van der Waals surface area contributed by atoms with Crippen molar-refractivity contribution in [3.05, 3.63) is 95.1 Å². The fourth-order valence-corrected chi connectivity index (χ4v) is 6.03. The standard InChI is InChI=1S/C29H30N2O5S/c1-34-28(32)21-11-12-26-25(19-21)27(24-10-6-5-7-22(24)20-35-26)37-18-17-30-13-15-31(16-14-30)29(33)36-23-8-3-2-4-9-23/h2-12,19,27H,13-18,20H2,1H3. The largest absolute Gasteiger partial charge is 0.489 e. The number of rotatable bonds is 6. The molecule has 0 bridgehead atoms. The lowest BCUT2D eigenvalue weighted by Gasteiger charge is -2.34. The number of carbonyl (C=O) groups excluding carboxylic acids is 2. The highest BCUT2D eigenvalue weighted by molar-refractivity contribution is 7.99. The van der Waals surface area contributed by atoms with Crippen LogP contribution in [0.15, 0.2) is 72.8 Å². The molecule has 0 saturated carbocycles. The Morgan fingerprint density at radius 1 is 0.946 bits per heavy atom. The molecule has 1 atom stereocenters. The minimum Gasteiger partial charge on any atom is -0.489 e. The van der Waals surface area contributed by atoms with E-state index in [9.17, 15) is 9.59 Å². The Labute approximate surface area is 221 Å². The maximum atomic E-state index is 12.5. The molecule has 1 amide bonds. The maximum Gasteiger partial charge on any atom is 0.415 e. The number of methoxy groups -OCH3 is 1. The number of para-hydroxylation sites is 1. The van der Waals surface area contributed by atoms with Gasteiger partial charge in [0.15, 0.2) is 0 Å². The summed E-state index contributed by atoms with van der Waals surface area (Å²) in [6.07, 6.45) is -0.298. The summed E-state index contributed by atoms with van der Waals surface area (Å²) in [5.74, 6) is 1.91. The van der Waals surface area contributed by atoms with Crippen LogP contribution < -0.4 is 9.47 Å². The Hall–Kier alpha value is -3.49. The van der Waals surface area contributed by atoms with Crippen molar-refractivity contribution in [3.8, 4) is 11.5 Å². The van der Waals surface area contributed by atoms with Gasteiger partial charge in [0.1, 0.15) is 18.1 Å². The van der Waals surface area contributed by atoms with Gasteiger partial charge in [-0.3, -0.25) is 4.90 Å². The highest BCUT2D eigenvalue weighted by Crippen LogP contribution is 2.44. The summed E-state index contributed by atoms with van der Waals surface area (Å²) < 4.78 is 16.6. The first-order valence-electron chi connectivity index (χ1n) is 12.4. The summed E-state index contributed by atoms with van der Waals surface area (Å²) in [4.78, 5) is 28.9. The highest BCUT2D eigenvalue weighted by Gasteiger charge is 2.27. The van der Waals surface area contributed by atoms with Crippen LogP contribution in [0, 0.1) is 0 Å². The average molecular weight is 519 g/mol. The second kappa shape index (κ2) is 11.7. The van der Waals surface area contributed by atoms with Gasteiger partial charge in [-0.05, 0) is 41.5 Å². The molecule has 0 N–H and O–H groups in total. The molecule has 0 aliphatic carbocycles. The van der Waals surface area contributed by atoms with Gasteiger partial charge in [-0.25, -0.2) is 9.59 Å². The average Bonchev–Trinajstić information content (AvgIpc) is 3.10. The van der Waals surface area contributed by atoms with Crippen molar-refractivity contribution >= 4 is 23.8 Å². The highest BCUT2D eigenvalue weighted by atomic mass is 32.2. The van der Waals surface area contributed by atoms with E-state index in [1.807, 2.05) is 48.2 Å². The van der Waals surface area contributed by atoms with Gasteiger partial charge in [0.05, 0.1) is 17.9 Å². The second-order valence-electron chi connectivity index (χ2n) is 8.99. The first-order valence-corrected chi connectivity index (χ1v) is 13.5. The predicted octanol–water partition coefficient (Wildman–Crippen LogP) is 5.00. The van der Waals surface area contributed by atoms with E-state index >= 15 is 0 Å². The Morgan fingerprint density at radius 2 is 1.70 bits per heavy atom. The predicted molar refractivity (Wildman–Crippen MR) is 143 cm³/mol. The molecule has 1 unspecified atom stereocenters. The van der Waals surface area contributed by atoms with Crippen molar-refractivity contribution < 1.29 is 23.8 Å². The van der Waals surface area contributed by atoms with Gasteiger partial charge in [-0.15, -0.1) is 11.8 Å². The first kappa shape index (κ1) is 25.2. The summed E-state index contributed by atoms with van der Waals surface area (Å²) >= 11 is 1.85. The number of hydrogen-bond acceptors (Lipinski definition) is 7. The molecule has 2 heterocycles.